The topological polar surface area (TPSA) is 32.3 Å². The molecule has 15 heavy (non-hydrogen) atoms. The van der Waals surface area contributed by atoms with Crippen LogP contribution in [0.2, 0.25) is 0 Å². The van der Waals surface area contributed by atoms with E-state index in [1.54, 1.807) is 0 Å². The third-order valence-corrected chi connectivity index (χ3v) is 3.71. The van der Waals surface area contributed by atoms with Crippen molar-refractivity contribution in [3.63, 3.8) is 0 Å². The van der Waals surface area contributed by atoms with Gasteiger partial charge < -0.3 is 10.4 Å². The fourth-order valence-electron chi connectivity index (χ4n) is 2.43. The Morgan fingerprint density at radius 3 is 2.27 bits per heavy atom. The lowest BCUT2D eigenvalue weighted by molar-refractivity contribution is 0.223. The lowest BCUT2D eigenvalue weighted by atomic mass is 9.93. The second-order valence-electron chi connectivity index (χ2n) is 5.24. The highest BCUT2D eigenvalue weighted by molar-refractivity contribution is 4.75. The first kappa shape index (κ1) is 13.0. The number of hydrogen-bond donors (Lipinski definition) is 2. The van der Waals surface area contributed by atoms with Crippen LogP contribution in [-0.4, -0.2) is 24.3 Å². The minimum absolute atomic E-state index is 0.296. The number of hydrogen-bond acceptors (Lipinski definition) is 2. The molecule has 0 heterocycles. The van der Waals surface area contributed by atoms with Crippen LogP contribution in [0.1, 0.15) is 52.4 Å². The summed E-state index contributed by atoms with van der Waals surface area (Å²) in [6, 6.07) is 0.622. The Balaban J connectivity index is 2.22. The van der Waals surface area contributed by atoms with Crippen molar-refractivity contribution < 1.29 is 5.11 Å². The third kappa shape index (κ3) is 4.98. The van der Waals surface area contributed by atoms with E-state index in [2.05, 4.69) is 19.2 Å². The van der Waals surface area contributed by atoms with Crippen LogP contribution >= 0.6 is 0 Å². The summed E-state index contributed by atoms with van der Waals surface area (Å²) in [5.41, 5.74) is 0. The molecule has 0 radical (unpaired) electrons. The highest BCUT2D eigenvalue weighted by Crippen LogP contribution is 2.25. The van der Waals surface area contributed by atoms with Gasteiger partial charge in [-0.1, -0.05) is 32.6 Å². The summed E-state index contributed by atoms with van der Waals surface area (Å²) in [7, 11) is 0. The second-order valence-corrected chi connectivity index (χ2v) is 5.24. The van der Waals surface area contributed by atoms with Gasteiger partial charge in [-0.05, 0) is 31.6 Å². The molecule has 0 amide bonds. The van der Waals surface area contributed by atoms with E-state index < -0.39 is 0 Å². The first-order chi connectivity index (χ1) is 7.24. The molecule has 2 nitrogen and oxygen atoms in total. The molecule has 2 N–H and O–H groups in total. The second kappa shape index (κ2) is 7.24. The van der Waals surface area contributed by atoms with E-state index in [1.165, 1.54) is 38.5 Å². The van der Waals surface area contributed by atoms with Crippen LogP contribution in [0.3, 0.4) is 0 Å². The van der Waals surface area contributed by atoms with E-state index >= 15 is 0 Å². The van der Waals surface area contributed by atoms with Gasteiger partial charge in [0, 0.05) is 19.2 Å². The Bertz CT molecular complexity index is 153. The predicted molar refractivity (Wildman–Crippen MR) is 64.9 cm³/mol. The largest absolute Gasteiger partial charge is 0.396 e. The van der Waals surface area contributed by atoms with E-state index in [-0.39, 0.29) is 0 Å². The van der Waals surface area contributed by atoms with Gasteiger partial charge in [-0.3, -0.25) is 0 Å². The Hall–Kier alpha value is -0.0800. The van der Waals surface area contributed by atoms with Gasteiger partial charge in [0.1, 0.15) is 0 Å². The molecule has 0 aromatic rings. The summed E-state index contributed by atoms with van der Waals surface area (Å²) in [5, 5.41) is 12.5. The SMILES string of the molecule is CC(CO)CN[C@H](C)C1CCCCCC1. The molecule has 2 heteroatoms. The zero-order chi connectivity index (χ0) is 11.1. The molecule has 2 atom stereocenters. The summed E-state index contributed by atoms with van der Waals surface area (Å²) in [4.78, 5) is 0. The molecule has 0 bridgehead atoms. The van der Waals surface area contributed by atoms with Gasteiger partial charge in [-0.2, -0.15) is 0 Å². The molecule has 1 saturated carbocycles. The van der Waals surface area contributed by atoms with Gasteiger partial charge in [-0.15, -0.1) is 0 Å². The van der Waals surface area contributed by atoms with Crippen molar-refractivity contribution in [3.8, 4) is 0 Å². The number of aliphatic hydroxyl groups excluding tert-OH is 1. The van der Waals surface area contributed by atoms with Crippen LogP contribution in [0.4, 0.5) is 0 Å². The van der Waals surface area contributed by atoms with Crippen molar-refractivity contribution in [3.05, 3.63) is 0 Å². The number of rotatable bonds is 5. The lowest BCUT2D eigenvalue weighted by Crippen LogP contribution is -2.36. The van der Waals surface area contributed by atoms with Gasteiger partial charge in [0.05, 0.1) is 0 Å². The summed E-state index contributed by atoms with van der Waals surface area (Å²) < 4.78 is 0. The summed E-state index contributed by atoms with van der Waals surface area (Å²) >= 11 is 0. The van der Waals surface area contributed by atoms with Crippen LogP contribution in [0.5, 0.6) is 0 Å². The van der Waals surface area contributed by atoms with Crippen molar-refractivity contribution >= 4 is 0 Å². The smallest absolute Gasteiger partial charge is 0.0468 e. The molecule has 0 aromatic heterocycles. The summed E-state index contributed by atoms with van der Waals surface area (Å²) in [5.74, 6) is 1.25. The lowest BCUT2D eigenvalue weighted by Gasteiger charge is -2.24. The number of aliphatic hydroxyl groups is 1. The summed E-state index contributed by atoms with van der Waals surface area (Å²) in [6.45, 7) is 5.64. The van der Waals surface area contributed by atoms with E-state index in [0.717, 1.165) is 12.5 Å². The third-order valence-electron chi connectivity index (χ3n) is 3.71. The van der Waals surface area contributed by atoms with Crippen LogP contribution in [0.25, 0.3) is 0 Å². The van der Waals surface area contributed by atoms with Crippen molar-refractivity contribution in [2.24, 2.45) is 11.8 Å². The molecule has 1 rings (SSSR count). The normalized spacial score (nSPS) is 23.4. The van der Waals surface area contributed by atoms with Crippen molar-refractivity contribution in [1.29, 1.82) is 0 Å². The fraction of sp³-hybridized carbons (Fsp3) is 1.00. The van der Waals surface area contributed by atoms with Crippen molar-refractivity contribution in [2.75, 3.05) is 13.2 Å². The van der Waals surface area contributed by atoms with Crippen LogP contribution < -0.4 is 5.32 Å². The first-order valence-electron chi connectivity index (χ1n) is 6.58. The molecule has 0 aliphatic heterocycles. The van der Waals surface area contributed by atoms with Gasteiger partial charge in [0.25, 0.3) is 0 Å². The molecule has 1 unspecified atom stereocenters. The molecule has 0 aromatic carbocycles. The van der Waals surface area contributed by atoms with Crippen molar-refractivity contribution in [2.45, 2.75) is 58.4 Å². The van der Waals surface area contributed by atoms with E-state index in [9.17, 15) is 0 Å². The maximum absolute atomic E-state index is 8.96. The Morgan fingerprint density at radius 2 is 1.73 bits per heavy atom. The predicted octanol–water partition coefficient (Wildman–Crippen LogP) is 2.56. The molecule has 1 aliphatic rings. The highest BCUT2D eigenvalue weighted by Gasteiger charge is 2.18. The minimum atomic E-state index is 0.296. The van der Waals surface area contributed by atoms with Gasteiger partial charge in [0.15, 0.2) is 0 Å². The molecule has 1 aliphatic carbocycles. The molecular weight excluding hydrogens is 186 g/mol. The van der Waals surface area contributed by atoms with Crippen LogP contribution in [-0.2, 0) is 0 Å². The number of nitrogens with one attached hydrogen (secondary N) is 1. The Kier molecular flexibility index (Phi) is 6.26. The average molecular weight is 213 g/mol. The molecule has 90 valence electrons. The Morgan fingerprint density at radius 1 is 1.13 bits per heavy atom. The molecular formula is C13H27NO. The van der Waals surface area contributed by atoms with Crippen molar-refractivity contribution in [1.82, 2.24) is 5.32 Å². The maximum Gasteiger partial charge on any atom is 0.0468 e. The zero-order valence-electron chi connectivity index (χ0n) is 10.3. The molecule has 0 saturated heterocycles. The zero-order valence-corrected chi connectivity index (χ0v) is 10.3. The molecule has 1 fully saturated rings. The van der Waals surface area contributed by atoms with Gasteiger partial charge >= 0.3 is 0 Å². The van der Waals surface area contributed by atoms with Gasteiger partial charge in [0.2, 0.25) is 0 Å². The van der Waals surface area contributed by atoms with E-state index in [1.807, 2.05) is 0 Å². The minimum Gasteiger partial charge on any atom is -0.396 e. The van der Waals surface area contributed by atoms with E-state index in [4.69, 9.17) is 5.11 Å². The monoisotopic (exact) mass is 213 g/mol. The average Bonchev–Trinajstić information content (AvgIpc) is 2.53. The molecule has 0 spiro atoms. The summed E-state index contributed by atoms with van der Waals surface area (Å²) in [6.07, 6.45) is 8.45. The van der Waals surface area contributed by atoms with Crippen LogP contribution in [0, 0.1) is 11.8 Å². The first-order valence-corrected chi connectivity index (χ1v) is 6.58. The standard InChI is InChI=1S/C13H27NO/c1-11(10-15)9-14-12(2)13-7-5-3-4-6-8-13/h11-15H,3-10H2,1-2H3/t11?,12-/m1/s1. The fourth-order valence-corrected chi connectivity index (χ4v) is 2.43. The Labute approximate surface area is 94.5 Å². The maximum atomic E-state index is 8.96. The van der Waals surface area contributed by atoms with E-state index in [0.29, 0.717) is 18.6 Å². The highest BCUT2D eigenvalue weighted by atomic mass is 16.3. The van der Waals surface area contributed by atoms with Crippen LogP contribution in [0.15, 0.2) is 0 Å². The van der Waals surface area contributed by atoms with Gasteiger partial charge in [-0.25, -0.2) is 0 Å². The quantitative estimate of drug-likeness (QED) is 0.688.